The van der Waals surface area contributed by atoms with E-state index in [9.17, 15) is 4.79 Å². The number of hydrogen-bond acceptors (Lipinski definition) is 4. The van der Waals surface area contributed by atoms with Gasteiger partial charge in [0, 0.05) is 24.0 Å². The molecule has 0 amide bonds. The third kappa shape index (κ3) is 7.49. The van der Waals surface area contributed by atoms with Crippen molar-refractivity contribution in [2.45, 2.75) is 123 Å². The summed E-state index contributed by atoms with van der Waals surface area (Å²) in [6, 6.07) is 8.18. The Morgan fingerprint density at radius 2 is 1.68 bits per heavy atom. The Kier molecular flexibility index (Phi) is 11.3. The molecule has 0 aliphatic heterocycles. The molecule has 0 radical (unpaired) electrons. The molecule has 4 nitrogen and oxygen atoms in total. The number of nitrogens with zero attached hydrogens (tertiary/aromatic N) is 2. The second-order valence-corrected chi connectivity index (χ2v) is 12.3. The Hall–Kier alpha value is -2.14. The van der Waals surface area contributed by atoms with Crippen LogP contribution in [0.1, 0.15) is 129 Å². The second kappa shape index (κ2) is 14.9. The van der Waals surface area contributed by atoms with Crippen LogP contribution < -0.4 is 4.74 Å². The van der Waals surface area contributed by atoms with Crippen molar-refractivity contribution < 1.29 is 9.53 Å². The van der Waals surface area contributed by atoms with Crippen LogP contribution in [0.2, 0.25) is 0 Å². The second-order valence-electron chi connectivity index (χ2n) is 11.4. The van der Waals surface area contributed by atoms with Crippen LogP contribution in [0.15, 0.2) is 36.7 Å². The lowest BCUT2D eigenvalue weighted by Crippen LogP contribution is -2.25. The maximum absolute atomic E-state index is 12.9. The number of benzene rings is 1. The fraction of sp³-hybridized carbons (Fsp3) is 0.636. The van der Waals surface area contributed by atoms with Crippen molar-refractivity contribution in [3.8, 4) is 16.2 Å². The number of esters is 1. The van der Waals surface area contributed by atoms with Crippen molar-refractivity contribution in [3.05, 3.63) is 42.4 Å². The first-order valence-electron chi connectivity index (χ1n) is 15.4. The van der Waals surface area contributed by atoms with E-state index in [4.69, 9.17) is 4.74 Å². The third-order valence-corrected chi connectivity index (χ3v) is 9.69. The molecule has 0 bridgehead atoms. The van der Waals surface area contributed by atoms with E-state index in [1.165, 1.54) is 93.2 Å². The Morgan fingerprint density at radius 3 is 2.39 bits per heavy atom. The number of thiazole rings is 1. The summed E-state index contributed by atoms with van der Waals surface area (Å²) in [5.74, 6) is 1.99. The summed E-state index contributed by atoms with van der Waals surface area (Å²) in [5, 5.41) is 0. The first kappa shape index (κ1) is 28.9. The van der Waals surface area contributed by atoms with E-state index in [-0.39, 0.29) is 11.9 Å². The molecule has 0 saturated heterocycles. The van der Waals surface area contributed by atoms with Gasteiger partial charge in [0.25, 0.3) is 0 Å². The number of fused-ring (bicyclic) bond motifs is 1. The molecule has 1 aliphatic rings. The van der Waals surface area contributed by atoms with E-state index < -0.39 is 0 Å². The zero-order chi connectivity index (χ0) is 26.7. The van der Waals surface area contributed by atoms with Crippen LogP contribution in [0.25, 0.3) is 15.4 Å². The molecule has 2 heterocycles. The zero-order valence-electron chi connectivity index (χ0n) is 23.9. The van der Waals surface area contributed by atoms with Gasteiger partial charge in [-0.1, -0.05) is 89.9 Å². The van der Waals surface area contributed by atoms with Gasteiger partial charge in [0.2, 0.25) is 0 Å². The monoisotopic (exact) mass is 536 g/mol. The largest absolute Gasteiger partial charge is 0.426 e. The van der Waals surface area contributed by atoms with Gasteiger partial charge < -0.3 is 4.74 Å². The number of aromatic nitrogens is 2. The molecule has 1 fully saturated rings. The fourth-order valence-corrected chi connectivity index (χ4v) is 7.34. The molecular weight excluding hydrogens is 488 g/mol. The summed E-state index contributed by atoms with van der Waals surface area (Å²) >= 11 is 1.76. The highest BCUT2D eigenvalue weighted by Gasteiger charge is 2.28. The zero-order valence-corrected chi connectivity index (χ0v) is 24.7. The lowest BCUT2D eigenvalue weighted by atomic mass is 9.80. The Balaban J connectivity index is 1.34. The molecule has 4 rings (SSSR count). The van der Waals surface area contributed by atoms with Crippen molar-refractivity contribution in [1.82, 2.24) is 9.38 Å². The summed E-state index contributed by atoms with van der Waals surface area (Å²) in [5.41, 5.74) is 2.57. The van der Waals surface area contributed by atoms with Crippen LogP contribution in [0.5, 0.6) is 5.75 Å². The summed E-state index contributed by atoms with van der Waals surface area (Å²) in [4.78, 5) is 19.9. The SMILES string of the molecule is CCCCCCCC1CCC(C(=O)Oc2ccc(-c3sc4nccn4c3C(CC)CCCCC)cc2)CC1. The van der Waals surface area contributed by atoms with E-state index >= 15 is 0 Å². The van der Waals surface area contributed by atoms with Crippen LogP contribution in [-0.2, 0) is 4.79 Å². The number of carbonyl (C=O) groups excluding carboxylic acids is 1. The van der Waals surface area contributed by atoms with E-state index in [0.717, 1.165) is 30.1 Å². The molecule has 1 aromatic carbocycles. The molecule has 1 aliphatic carbocycles. The number of ether oxygens (including phenoxy) is 1. The van der Waals surface area contributed by atoms with Gasteiger partial charge in [-0.3, -0.25) is 9.20 Å². The molecule has 2 aromatic heterocycles. The summed E-state index contributed by atoms with van der Waals surface area (Å²) in [6.45, 7) is 6.83. The molecule has 1 atom stereocenters. The fourth-order valence-electron chi connectivity index (χ4n) is 6.16. The van der Waals surface area contributed by atoms with E-state index in [1.807, 2.05) is 18.3 Å². The normalized spacial score (nSPS) is 18.6. The predicted molar refractivity (Wildman–Crippen MR) is 160 cm³/mol. The number of carbonyl (C=O) groups is 1. The van der Waals surface area contributed by atoms with Crippen molar-refractivity contribution in [3.63, 3.8) is 0 Å². The lowest BCUT2D eigenvalue weighted by Gasteiger charge is -2.27. The van der Waals surface area contributed by atoms with Gasteiger partial charge in [-0.05, 0) is 74.3 Å². The van der Waals surface area contributed by atoms with E-state index in [1.54, 1.807) is 11.3 Å². The maximum atomic E-state index is 12.9. The standard InChI is InChI=1S/C33H48N2O2S/c1-4-7-9-10-12-13-25-15-17-28(18-16-25)32(36)37-29-21-19-27(20-22-29)31-30(26(6-3)14-11-8-5-2)35-24-23-34-33(35)38-31/h19-26,28H,4-18H2,1-3H3. The van der Waals surface area contributed by atoms with E-state index in [2.05, 4.69) is 48.5 Å². The third-order valence-electron chi connectivity index (χ3n) is 8.56. The Bertz CT molecular complexity index is 1110. The maximum Gasteiger partial charge on any atom is 0.314 e. The van der Waals surface area contributed by atoms with Gasteiger partial charge in [0.05, 0.1) is 10.8 Å². The number of unbranched alkanes of at least 4 members (excludes halogenated alkanes) is 6. The highest BCUT2D eigenvalue weighted by Crippen LogP contribution is 2.40. The van der Waals surface area contributed by atoms with Crippen molar-refractivity contribution in [2.24, 2.45) is 11.8 Å². The van der Waals surface area contributed by atoms with Gasteiger partial charge in [-0.15, -0.1) is 0 Å². The average molecular weight is 537 g/mol. The quantitative estimate of drug-likeness (QED) is 0.110. The van der Waals surface area contributed by atoms with Crippen LogP contribution in [0, 0.1) is 11.8 Å². The minimum atomic E-state index is -0.0450. The van der Waals surface area contributed by atoms with Gasteiger partial charge in [0.1, 0.15) is 5.75 Å². The molecule has 0 N–H and O–H groups in total. The summed E-state index contributed by atoms with van der Waals surface area (Å²) in [6.07, 6.45) is 22.5. The highest BCUT2D eigenvalue weighted by atomic mass is 32.1. The van der Waals surface area contributed by atoms with Crippen LogP contribution in [0.4, 0.5) is 0 Å². The number of imidazole rings is 1. The van der Waals surface area contributed by atoms with Gasteiger partial charge in [0.15, 0.2) is 4.96 Å². The Morgan fingerprint density at radius 1 is 0.974 bits per heavy atom. The van der Waals surface area contributed by atoms with Gasteiger partial charge in [-0.2, -0.15) is 0 Å². The molecule has 1 saturated carbocycles. The number of hydrogen-bond donors (Lipinski definition) is 0. The molecular formula is C33H48N2O2S. The van der Waals surface area contributed by atoms with Crippen molar-refractivity contribution >= 4 is 22.3 Å². The lowest BCUT2D eigenvalue weighted by molar-refractivity contribution is -0.140. The molecule has 1 unspecified atom stereocenters. The topological polar surface area (TPSA) is 43.6 Å². The van der Waals surface area contributed by atoms with Gasteiger partial charge >= 0.3 is 5.97 Å². The molecule has 3 aromatic rings. The summed E-state index contributed by atoms with van der Waals surface area (Å²) in [7, 11) is 0. The van der Waals surface area contributed by atoms with Gasteiger partial charge in [-0.25, -0.2) is 4.98 Å². The van der Waals surface area contributed by atoms with Crippen molar-refractivity contribution in [1.29, 1.82) is 0 Å². The van der Waals surface area contributed by atoms with Crippen LogP contribution in [-0.4, -0.2) is 15.4 Å². The molecule has 5 heteroatoms. The summed E-state index contributed by atoms with van der Waals surface area (Å²) < 4.78 is 8.15. The minimum absolute atomic E-state index is 0.0450. The van der Waals surface area contributed by atoms with Crippen LogP contribution in [0.3, 0.4) is 0 Å². The Labute approximate surface area is 234 Å². The first-order chi connectivity index (χ1) is 18.6. The smallest absolute Gasteiger partial charge is 0.314 e. The highest BCUT2D eigenvalue weighted by molar-refractivity contribution is 7.20. The molecule has 38 heavy (non-hydrogen) atoms. The molecule has 0 spiro atoms. The number of rotatable bonds is 15. The minimum Gasteiger partial charge on any atom is -0.426 e. The van der Waals surface area contributed by atoms with E-state index in [0.29, 0.717) is 11.7 Å². The average Bonchev–Trinajstić information content (AvgIpc) is 3.54. The van der Waals surface area contributed by atoms with Crippen molar-refractivity contribution in [2.75, 3.05) is 0 Å². The molecule has 208 valence electrons. The van der Waals surface area contributed by atoms with Crippen LogP contribution >= 0.6 is 11.3 Å². The first-order valence-corrected chi connectivity index (χ1v) is 16.2. The predicted octanol–water partition coefficient (Wildman–Crippen LogP) is 10.2.